The highest BCUT2D eigenvalue weighted by atomic mass is 16.5. The first-order valence-corrected chi connectivity index (χ1v) is 6.56. The zero-order chi connectivity index (χ0) is 14.8. The van der Waals surface area contributed by atoms with Crippen molar-refractivity contribution in [3.63, 3.8) is 0 Å². The standard InChI is InChI=1S/C14H14N4O3/c1-9-15-11(17-21-9)7-18-8-12(19)16-13(14(18)20)10-5-3-2-4-6-10/h2-6,13H,7-8H2,1H3,(H,16,19). The predicted molar refractivity (Wildman–Crippen MR) is 71.8 cm³/mol. The minimum atomic E-state index is -0.666. The summed E-state index contributed by atoms with van der Waals surface area (Å²) in [5.41, 5.74) is 0.754. The van der Waals surface area contributed by atoms with Gasteiger partial charge in [-0.3, -0.25) is 9.59 Å². The number of hydrogen-bond donors (Lipinski definition) is 1. The molecule has 1 atom stereocenters. The highest BCUT2D eigenvalue weighted by Crippen LogP contribution is 2.20. The Morgan fingerprint density at radius 2 is 2.10 bits per heavy atom. The molecule has 1 aromatic carbocycles. The monoisotopic (exact) mass is 286 g/mol. The lowest BCUT2D eigenvalue weighted by Gasteiger charge is -2.31. The number of aromatic nitrogens is 2. The average molecular weight is 286 g/mol. The Bertz CT molecular complexity index is 668. The number of rotatable bonds is 3. The normalized spacial score (nSPS) is 18.7. The number of hydrogen-bond acceptors (Lipinski definition) is 5. The highest BCUT2D eigenvalue weighted by molar-refractivity contribution is 5.95. The quantitative estimate of drug-likeness (QED) is 0.891. The number of amides is 2. The molecule has 2 amide bonds. The van der Waals surface area contributed by atoms with Crippen LogP contribution in [0.4, 0.5) is 0 Å². The first kappa shape index (κ1) is 13.3. The van der Waals surface area contributed by atoms with Gasteiger partial charge in [0.1, 0.15) is 12.6 Å². The molecular formula is C14H14N4O3. The molecule has 7 nitrogen and oxygen atoms in total. The van der Waals surface area contributed by atoms with Crippen LogP contribution in [0, 0.1) is 6.92 Å². The van der Waals surface area contributed by atoms with Crippen LogP contribution >= 0.6 is 0 Å². The van der Waals surface area contributed by atoms with Crippen molar-refractivity contribution in [2.24, 2.45) is 0 Å². The van der Waals surface area contributed by atoms with Gasteiger partial charge in [-0.1, -0.05) is 35.5 Å². The summed E-state index contributed by atoms with van der Waals surface area (Å²) in [4.78, 5) is 29.8. The Labute approximate surface area is 120 Å². The van der Waals surface area contributed by atoms with Crippen molar-refractivity contribution in [2.45, 2.75) is 19.5 Å². The maximum atomic E-state index is 12.5. The van der Waals surface area contributed by atoms with E-state index in [1.165, 1.54) is 4.90 Å². The van der Waals surface area contributed by atoms with E-state index >= 15 is 0 Å². The summed E-state index contributed by atoms with van der Waals surface area (Å²) in [5.74, 6) is 0.438. The molecule has 0 bridgehead atoms. The van der Waals surface area contributed by atoms with E-state index in [9.17, 15) is 9.59 Å². The van der Waals surface area contributed by atoms with Crippen LogP contribution in [0.1, 0.15) is 23.3 Å². The summed E-state index contributed by atoms with van der Waals surface area (Å²) >= 11 is 0. The molecule has 1 saturated heterocycles. The van der Waals surface area contributed by atoms with E-state index in [2.05, 4.69) is 15.5 Å². The van der Waals surface area contributed by atoms with Crippen LogP contribution in [0.5, 0.6) is 0 Å². The van der Waals surface area contributed by atoms with Gasteiger partial charge in [-0.15, -0.1) is 0 Å². The molecule has 0 saturated carbocycles. The fourth-order valence-corrected chi connectivity index (χ4v) is 2.28. The Hall–Kier alpha value is -2.70. The molecule has 7 heteroatoms. The second-order valence-corrected chi connectivity index (χ2v) is 4.84. The van der Waals surface area contributed by atoms with Crippen LogP contribution in [0.3, 0.4) is 0 Å². The molecule has 108 valence electrons. The van der Waals surface area contributed by atoms with Gasteiger partial charge in [0.15, 0.2) is 5.82 Å². The Balaban J connectivity index is 1.81. The topological polar surface area (TPSA) is 88.3 Å². The van der Waals surface area contributed by atoms with E-state index in [1.54, 1.807) is 6.92 Å². The lowest BCUT2D eigenvalue weighted by molar-refractivity contribution is -0.145. The molecule has 0 aliphatic carbocycles. The zero-order valence-electron chi connectivity index (χ0n) is 11.4. The van der Waals surface area contributed by atoms with E-state index in [1.807, 2.05) is 30.3 Å². The van der Waals surface area contributed by atoms with Crippen LogP contribution < -0.4 is 5.32 Å². The minimum Gasteiger partial charge on any atom is -0.340 e. The Morgan fingerprint density at radius 3 is 2.76 bits per heavy atom. The summed E-state index contributed by atoms with van der Waals surface area (Å²) in [7, 11) is 0. The van der Waals surface area contributed by atoms with Crippen molar-refractivity contribution in [1.29, 1.82) is 0 Å². The third kappa shape index (κ3) is 2.76. The molecular weight excluding hydrogens is 272 g/mol. The molecule has 1 aliphatic heterocycles. The van der Waals surface area contributed by atoms with Crippen molar-refractivity contribution in [3.8, 4) is 0 Å². The molecule has 2 heterocycles. The molecule has 0 radical (unpaired) electrons. The zero-order valence-corrected chi connectivity index (χ0v) is 11.4. The summed E-state index contributed by atoms with van der Waals surface area (Å²) in [6, 6.07) is 8.47. The molecule has 1 unspecified atom stereocenters. The van der Waals surface area contributed by atoms with Gasteiger partial charge >= 0.3 is 0 Å². The van der Waals surface area contributed by atoms with Gasteiger partial charge in [0, 0.05) is 6.92 Å². The van der Waals surface area contributed by atoms with E-state index < -0.39 is 6.04 Å². The van der Waals surface area contributed by atoms with Crippen LogP contribution in [-0.2, 0) is 16.1 Å². The maximum Gasteiger partial charge on any atom is 0.250 e. The molecule has 1 fully saturated rings. The highest BCUT2D eigenvalue weighted by Gasteiger charge is 2.34. The van der Waals surface area contributed by atoms with Gasteiger partial charge in [0.05, 0.1) is 6.54 Å². The lowest BCUT2D eigenvalue weighted by atomic mass is 10.0. The van der Waals surface area contributed by atoms with Gasteiger partial charge in [0.25, 0.3) is 5.91 Å². The fraction of sp³-hybridized carbons (Fsp3) is 0.286. The van der Waals surface area contributed by atoms with Crippen LogP contribution in [0.2, 0.25) is 0 Å². The van der Waals surface area contributed by atoms with Crippen molar-refractivity contribution >= 4 is 11.8 Å². The lowest BCUT2D eigenvalue weighted by Crippen LogP contribution is -2.53. The average Bonchev–Trinajstić information content (AvgIpc) is 2.89. The Kier molecular flexibility index (Phi) is 3.39. The van der Waals surface area contributed by atoms with Gasteiger partial charge < -0.3 is 14.7 Å². The number of nitrogens with one attached hydrogen (secondary N) is 1. The first-order valence-electron chi connectivity index (χ1n) is 6.56. The molecule has 1 N–H and O–H groups in total. The first-order chi connectivity index (χ1) is 10.1. The number of carbonyl (C=O) groups is 2. The number of piperazine rings is 1. The van der Waals surface area contributed by atoms with Crippen molar-refractivity contribution in [2.75, 3.05) is 6.54 Å². The number of nitrogens with zero attached hydrogens (tertiary/aromatic N) is 3. The van der Waals surface area contributed by atoms with Gasteiger partial charge in [0.2, 0.25) is 11.8 Å². The minimum absolute atomic E-state index is 0.00421. The molecule has 3 rings (SSSR count). The Morgan fingerprint density at radius 1 is 1.33 bits per heavy atom. The second kappa shape index (κ2) is 5.35. The maximum absolute atomic E-state index is 12.5. The van der Waals surface area contributed by atoms with Crippen molar-refractivity contribution in [1.82, 2.24) is 20.4 Å². The summed E-state index contributed by atoms with van der Waals surface area (Å²) in [5, 5.41) is 6.46. The summed E-state index contributed by atoms with van der Waals surface area (Å²) in [6.45, 7) is 1.83. The third-order valence-electron chi connectivity index (χ3n) is 3.23. The fourth-order valence-electron chi connectivity index (χ4n) is 2.28. The van der Waals surface area contributed by atoms with Crippen LogP contribution in [0.15, 0.2) is 34.9 Å². The van der Waals surface area contributed by atoms with Gasteiger partial charge in [-0.05, 0) is 5.56 Å². The largest absolute Gasteiger partial charge is 0.340 e. The number of carbonyl (C=O) groups excluding carboxylic acids is 2. The number of aryl methyl sites for hydroxylation is 1. The van der Waals surface area contributed by atoms with Crippen LogP contribution in [0.25, 0.3) is 0 Å². The smallest absolute Gasteiger partial charge is 0.250 e. The molecule has 21 heavy (non-hydrogen) atoms. The van der Waals surface area contributed by atoms with Gasteiger partial charge in [-0.2, -0.15) is 4.98 Å². The number of benzene rings is 1. The summed E-state index contributed by atoms with van der Waals surface area (Å²) in [6.07, 6.45) is 0. The van der Waals surface area contributed by atoms with Gasteiger partial charge in [-0.25, -0.2) is 0 Å². The second-order valence-electron chi connectivity index (χ2n) is 4.84. The SMILES string of the molecule is Cc1nc(CN2CC(=O)NC(c3ccccc3)C2=O)no1. The molecule has 0 spiro atoms. The van der Waals surface area contributed by atoms with E-state index in [-0.39, 0.29) is 24.9 Å². The van der Waals surface area contributed by atoms with Crippen LogP contribution in [-0.4, -0.2) is 33.4 Å². The molecule has 2 aromatic rings. The van der Waals surface area contributed by atoms with E-state index in [0.29, 0.717) is 11.7 Å². The molecule has 1 aliphatic rings. The van der Waals surface area contributed by atoms with E-state index in [0.717, 1.165) is 5.56 Å². The van der Waals surface area contributed by atoms with E-state index in [4.69, 9.17) is 4.52 Å². The predicted octanol–water partition coefficient (Wildman–Crippen LogP) is 0.578. The third-order valence-corrected chi connectivity index (χ3v) is 3.23. The van der Waals surface area contributed by atoms with Crippen molar-refractivity contribution < 1.29 is 14.1 Å². The van der Waals surface area contributed by atoms with Crippen molar-refractivity contribution in [3.05, 3.63) is 47.6 Å². The summed E-state index contributed by atoms with van der Waals surface area (Å²) < 4.78 is 4.88. The molecule has 1 aromatic heterocycles.